The van der Waals surface area contributed by atoms with Crippen LogP contribution in [0.4, 0.5) is 5.82 Å². The first kappa shape index (κ1) is 11.5. The van der Waals surface area contributed by atoms with Crippen LogP contribution in [-0.4, -0.2) is 16.1 Å². The SMILES string of the molecule is CC[C@@H](Cc1c(N)[nH]c2ccccc12)C(=O)O. The number of aliphatic carboxylic acids is 1. The summed E-state index contributed by atoms with van der Waals surface area (Å²) in [4.78, 5) is 14.1. The quantitative estimate of drug-likeness (QED) is 0.757. The third kappa shape index (κ3) is 2.11. The third-order valence-electron chi connectivity index (χ3n) is 3.14. The highest BCUT2D eigenvalue weighted by molar-refractivity contribution is 5.88. The molecule has 4 nitrogen and oxygen atoms in total. The van der Waals surface area contributed by atoms with Crippen LogP contribution in [0.25, 0.3) is 10.9 Å². The Hall–Kier alpha value is -1.97. The van der Waals surface area contributed by atoms with E-state index in [1.807, 2.05) is 31.2 Å². The number of nitrogen functional groups attached to an aromatic ring is 1. The normalized spacial score (nSPS) is 12.8. The van der Waals surface area contributed by atoms with Crippen LogP contribution < -0.4 is 5.73 Å². The lowest BCUT2D eigenvalue weighted by atomic mass is 9.96. The first-order chi connectivity index (χ1) is 8.13. The minimum Gasteiger partial charge on any atom is -0.481 e. The maximum atomic E-state index is 11.1. The number of carboxylic acid groups (broad SMARTS) is 1. The largest absolute Gasteiger partial charge is 0.481 e. The molecule has 4 N–H and O–H groups in total. The molecule has 0 saturated heterocycles. The number of hydrogen-bond donors (Lipinski definition) is 3. The Balaban J connectivity index is 2.41. The van der Waals surface area contributed by atoms with Crippen molar-refractivity contribution < 1.29 is 9.90 Å². The molecule has 1 heterocycles. The number of aromatic nitrogens is 1. The number of fused-ring (bicyclic) bond motifs is 1. The van der Waals surface area contributed by atoms with Gasteiger partial charge in [-0.15, -0.1) is 0 Å². The fourth-order valence-corrected chi connectivity index (χ4v) is 2.09. The fraction of sp³-hybridized carbons (Fsp3) is 0.308. The van der Waals surface area contributed by atoms with Crippen molar-refractivity contribution in [1.82, 2.24) is 4.98 Å². The van der Waals surface area contributed by atoms with E-state index in [9.17, 15) is 4.79 Å². The zero-order valence-electron chi connectivity index (χ0n) is 9.73. The lowest BCUT2D eigenvalue weighted by Crippen LogP contribution is -2.15. The average Bonchev–Trinajstić information content (AvgIpc) is 2.61. The lowest BCUT2D eigenvalue weighted by Gasteiger charge is -2.09. The second kappa shape index (κ2) is 4.49. The van der Waals surface area contributed by atoms with Gasteiger partial charge in [-0.3, -0.25) is 4.79 Å². The van der Waals surface area contributed by atoms with Crippen LogP contribution >= 0.6 is 0 Å². The molecule has 0 amide bonds. The molecule has 90 valence electrons. The van der Waals surface area contributed by atoms with Crippen LogP contribution in [0.3, 0.4) is 0 Å². The number of aromatic amines is 1. The molecule has 0 aliphatic rings. The number of H-pyrrole nitrogens is 1. The summed E-state index contributed by atoms with van der Waals surface area (Å²) in [6.45, 7) is 1.88. The van der Waals surface area contributed by atoms with E-state index in [0.29, 0.717) is 18.7 Å². The third-order valence-corrected chi connectivity index (χ3v) is 3.14. The number of para-hydroxylation sites is 1. The minimum atomic E-state index is -0.766. The summed E-state index contributed by atoms with van der Waals surface area (Å²) in [5.41, 5.74) is 7.78. The van der Waals surface area contributed by atoms with Crippen LogP contribution in [0.15, 0.2) is 24.3 Å². The van der Waals surface area contributed by atoms with Gasteiger partial charge in [-0.1, -0.05) is 25.1 Å². The average molecular weight is 232 g/mol. The maximum absolute atomic E-state index is 11.1. The van der Waals surface area contributed by atoms with Crippen molar-refractivity contribution in [1.29, 1.82) is 0 Å². The molecule has 4 heteroatoms. The molecule has 1 aromatic heterocycles. The van der Waals surface area contributed by atoms with Gasteiger partial charge in [0.05, 0.1) is 5.92 Å². The predicted molar refractivity (Wildman–Crippen MR) is 67.8 cm³/mol. The van der Waals surface area contributed by atoms with Gasteiger partial charge in [0.1, 0.15) is 5.82 Å². The topological polar surface area (TPSA) is 79.1 Å². The van der Waals surface area contributed by atoms with E-state index < -0.39 is 5.97 Å². The van der Waals surface area contributed by atoms with Crippen LogP contribution in [0, 0.1) is 5.92 Å². The van der Waals surface area contributed by atoms with Crippen molar-refractivity contribution in [2.24, 2.45) is 5.92 Å². The summed E-state index contributed by atoms with van der Waals surface area (Å²) in [6.07, 6.45) is 1.08. The lowest BCUT2D eigenvalue weighted by molar-refractivity contribution is -0.141. The first-order valence-electron chi connectivity index (χ1n) is 5.71. The highest BCUT2D eigenvalue weighted by atomic mass is 16.4. The monoisotopic (exact) mass is 232 g/mol. The molecule has 2 rings (SSSR count). The molecule has 1 atom stereocenters. The number of benzene rings is 1. The Morgan fingerprint density at radius 1 is 1.47 bits per heavy atom. The van der Waals surface area contributed by atoms with Gasteiger partial charge in [0.15, 0.2) is 0 Å². The summed E-state index contributed by atoms with van der Waals surface area (Å²) in [7, 11) is 0. The highest BCUT2D eigenvalue weighted by Gasteiger charge is 2.19. The molecule has 17 heavy (non-hydrogen) atoms. The summed E-state index contributed by atoms with van der Waals surface area (Å²) in [6, 6.07) is 7.76. The van der Waals surface area contributed by atoms with E-state index in [1.54, 1.807) is 0 Å². The van der Waals surface area contributed by atoms with E-state index in [4.69, 9.17) is 10.8 Å². The number of hydrogen-bond acceptors (Lipinski definition) is 2. The van der Waals surface area contributed by atoms with E-state index in [-0.39, 0.29) is 5.92 Å². The van der Waals surface area contributed by atoms with Crippen molar-refractivity contribution in [2.75, 3.05) is 5.73 Å². The number of nitrogens with two attached hydrogens (primary N) is 1. The molecule has 0 radical (unpaired) electrons. The van der Waals surface area contributed by atoms with Gasteiger partial charge in [0, 0.05) is 16.5 Å². The van der Waals surface area contributed by atoms with Gasteiger partial charge >= 0.3 is 5.97 Å². The molecule has 0 bridgehead atoms. The molecule has 0 unspecified atom stereocenters. The van der Waals surface area contributed by atoms with Crippen molar-refractivity contribution >= 4 is 22.7 Å². The minimum absolute atomic E-state index is 0.378. The number of anilines is 1. The molecular weight excluding hydrogens is 216 g/mol. The van der Waals surface area contributed by atoms with Gasteiger partial charge in [-0.25, -0.2) is 0 Å². The fourth-order valence-electron chi connectivity index (χ4n) is 2.09. The Morgan fingerprint density at radius 3 is 2.82 bits per heavy atom. The second-order valence-electron chi connectivity index (χ2n) is 4.21. The molecule has 0 fully saturated rings. The van der Waals surface area contributed by atoms with E-state index in [1.165, 1.54) is 0 Å². The Labute approximate surface area is 99.4 Å². The summed E-state index contributed by atoms with van der Waals surface area (Å²) in [5, 5.41) is 10.1. The van der Waals surface area contributed by atoms with Gasteiger partial charge in [0.2, 0.25) is 0 Å². The standard InChI is InChI=1S/C13H16N2O2/c1-2-8(13(16)17)7-10-9-5-3-4-6-11(9)15-12(10)14/h3-6,8,15H,2,7,14H2,1H3,(H,16,17)/t8-/m0/s1. The predicted octanol–water partition coefficient (Wildman–Crippen LogP) is 2.40. The van der Waals surface area contributed by atoms with E-state index >= 15 is 0 Å². The zero-order chi connectivity index (χ0) is 12.4. The maximum Gasteiger partial charge on any atom is 0.306 e. The smallest absolute Gasteiger partial charge is 0.306 e. The molecule has 0 aliphatic heterocycles. The van der Waals surface area contributed by atoms with Gasteiger partial charge in [-0.2, -0.15) is 0 Å². The van der Waals surface area contributed by atoms with Crippen LogP contribution in [0.1, 0.15) is 18.9 Å². The van der Waals surface area contributed by atoms with Crippen molar-refractivity contribution in [3.63, 3.8) is 0 Å². The number of rotatable bonds is 4. The van der Waals surface area contributed by atoms with Crippen LogP contribution in [0.2, 0.25) is 0 Å². The van der Waals surface area contributed by atoms with E-state index in [0.717, 1.165) is 16.5 Å². The Morgan fingerprint density at radius 2 is 2.18 bits per heavy atom. The second-order valence-corrected chi connectivity index (χ2v) is 4.21. The zero-order valence-corrected chi connectivity index (χ0v) is 9.73. The molecular formula is C13H16N2O2. The van der Waals surface area contributed by atoms with Crippen molar-refractivity contribution in [3.05, 3.63) is 29.8 Å². The molecule has 2 aromatic rings. The number of nitrogens with one attached hydrogen (secondary N) is 1. The van der Waals surface area contributed by atoms with Crippen molar-refractivity contribution in [3.8, 4) is 0 Å². The van der Waals surface area contributed by atoms with Gasteiger partial charge in [-0.05, 0) is 18.9 Å². The summed E-state index contributed by atoms with van der Waals surface area (Å²) < 4.78 is 0. The van der Waals surface area contributed by atoms with Gasteiger partial charge in [0.25, 0.3) is 0 Å². The number of carbonyl (C=O) groups is 1. The Kier molecular flexibility index (Phi) is 3.04. The number of carboxylic acids is 1. The molecule has 0 saturated carbocycles. The first-order valence-corrected chi connectivity index (χ1v) is 5.71. The van der Waals surface area contributed by atoms with Crippen LogP contribution in [-0.2, 0) is 11.2 Å². The van der Waals surface area contributed by atoms with Gasteiger partial charge < -0.3 is 15.8 Å². The summed E-state index contributed by atoms with van der Waals surface area (Å²) >= 11 is 0. The highest BCUT2D eigenvalue weighted by Crippen LogP contribution is 2.27. The molecule has 1 aromatic carbocycles. The van der Waals surface area contributed by atoms with Crippen molar-refractivity contribution in [2.45, 2.75) is 19.8 Å². The summed E-state index contributed by atoms with van der Waals surface area (Å²) in [5.74, 6) is -0.570. The molecule has 0 spiro atoms. The Bertz CT molecular complexity index is 545. The van der Waals surface area contributed by atoms with Crippen LogP contribution in [0.5, 0.6) is 0 Å². The van der Waals surface area contributed by atoms with E-state index in [2.05, 4.69) is 4.98 Å². The molecule has 0 aliphatic carbocycles.